The number of benzene rings is 1. The Morgan fingerprint density at radius 3 is 2.91 bits per heavy atom. The first-order valence-corrected chi connectivity index (χ1v) is 8.32. The number of hydrogen-bond acceptors (Lipinski definition) is 6. The number of thiazole rings is 1. The summed E-state index contributed by atoms with van der Waals surface area (Å²) in [4.78, 5) is 16.4. The van der Waals surface area contributed by atoms with Gasteiger partial charge in [-0.2, -0.15) is 0 Å². The van der Waals surface area contributed by atoms with Crippen molar-refractivity contribution in [1.29, 1.82) is 0 Å². The number of aromatic nitrogens is 1. The van der Waals surface area contributed by atoms with Crippen LogP contribution in [0.4, 0.5) is 0 Å². The molecule has 0 unspecified atom stereocenters. The van der Waals surface area contributed by atoms with E-state index < -0.39 is 0 Å². The molecule has 1 heterocycles. The third-order valence-corrected chi connectivity index (χ3v) is 3.70. The van der Waals surface area contributed by atoms with E-state index in [1.165, 1.54) is 11.3 Å². The zero-order valence-electron chi connectivity index (χ0n) is 13.1. The minimum absolute atomic E-state index is 0.146. The minimum atomic E-state index is -0.146. The highest BCUT2D eigenvalue weighted by atomic mass is 32.1. The molecule has 0 fully saturated rings. The number of ether oxygens (including phenoxy) is 2. The van der Waals surface area contributed by atoms with Gasteiger partial charge in [0.15, 0.2) is 0 Å². The summed E-state index contributed by atoms with van der Waals surface area (Å²) in [6.07, 6.45) is 0. The predicted molar refractivity (Wildman–Crippen MR) is 90.0 cm³/mol. The van der Waals surface area contributed by atoms with E-state index >= 15 is 0 Å². The second-order valence-electron chi connectivity index (χ2n) is 4.76. The van der Waals surface area contributed by atoms with Crippen LogP contribution in [0, 0.1) is 0 Å². The molecule has 0 aliphatic carbocycles. The van der Waals surface area contributed by atoms with E-state index in [1.54, 1.807) is 24.8 Å². The highest BCUT2D eigenvalue weighted by Crippen LogP contribution is 2.19. The molecule has 1 aromatic carbocycles. The van der Waals surface area contributed by atoms with E-state index in [9.17, 15) is 4.79 Å². The number of para-hydroxylation sites is 1. The first-order chi connectivity index (χ1) is 11.3. The lowest BCUT2D eigenvalue weighted by molar-refractivity contribution is 0.0949. The van der Waals surface area contributed by atoms with Gasteiger partial charge in [0.1, 0.15) is 12.4 Å². The first kappa shape index (κ1) is 17.4. The lowest BCUT2D eigenvalue weighted by Crippen LogP contribution is -2.33. The van der Waals surface area contributed by atoms with E-state index in [0.717, 1.165) is 12.2 Å². The van der Waals surface area contributed by atoms with Crippen molar-refractivity contribution >= 4 is 17.2 Å². The standard InChI is InChI=1S/C16H21N3O3S/c1-21-9-8-17-6-7-18-16(20)14-4-2-3-5-15(14)22-10-13-11-23-12-19-13/h2-5,11-12,17H,6-10H2,1H3,(H,18,20). The van der Waals surface area contributed by atoms with Crippen LogP contribution in [0.3, 0.4) is 0 Å². The Labute approximate surface area is 139 Å². The van der Waals surface area contributed by atoms with E-state index in [0.29, 0.717) is 37.6 Å². The smallest absolute Gasteiger partial charge is 0.255 e. The normalized spacial score (nSPS) is 10.5. The predicted octanol–water partition coefficient (Wildman–Crippen LogP) is 1.69. The summed E-state index contributed by atoms with van der Waals surface area (Å²) < 4.78 is 10.7. The molecule has 0 bridgehead atoms. The number of nitrogens with zero attached hydrogens (tertiary/aromatic N) is 1. The Kier molecular flexibility index (Phi) is 7.51. The number of carbonyl (C=O) groups is 1. The summed E-state index contributed by atoms with van der Waals surface area (Å²) >= 11 is 1.52. The highest BCUT2D eigenvalue weighted by molar-refractivity contribution is 7.07. The van der Waals surface area contributed by atoms with Gasteiger partial charge in [-0.05, 0) is 12.1 Å². The summed E-state index contributed by atoms with van der Waals surface area (Å²) in [5.41, 5.74) is 3.14. The lowest BCUT2D eigenvalue weighted by Gasteiger charge is -2.11. The summed E-state index contributed by atoms with van der Waals surface area (Å²) in [5, 5.41) is 7.97. The van der Waals surface area contributed by atoms with E-state index in [4.69, 9.17) is 9.47 Å². The van der Waals surface area contributed by atoms with Crippen LogP contribution in [0.1, 0.15) is 16.1 Å². The molecule has 0 aliphatic rings. The van der Waals surface area contributed by atoms with Gasteiger partial charge >= 0.3 is 0 Å². The third-order valence-electron chi connectivity index (χ3n) is 3.06. The summed E-state index contributed by atoms with van der Waals surface area (Å²) in [5.74, 6) is 0.415. The van der Waals surface area contributed by atoms with Crippen LogP contribution in [-0.2, 0) is 11.3 Å². The van der Waals surface area contributed by atoms with Crippen LogP contribution in [0.2, 0.25) is 0 Å². The molecule has 1 aromatic heterocycles. The zero-order valence-corrected chi connectivity index (χ0v) is 13.9. The van der Waals surface area contributed by atoms with Gasteiger partial charge in [-0.25, -0.2) is 4.98 Å². The molecule has 0 saturated carbocycles. The Hall–Kier alpha value is -1.96. The molecule has 2 rings (SSSR count). The van der Waals surface area contributed by atoms with Gasteiger partial charge in [0.05, 0.1) is 23.4 Å². The first-order valence-electron chi connectivity index (χ1n) is 7.38. The molecular weight excluding hydrogens is 314 g/mol. The van der Waals surface area contributed by atoms with E-state index in [-0.39, 0.29) is 5.91 Å². The molecule has 1 amide bonds. The number of methoxy groups -OCH3 is 1. The van der Waals surface area contributed by atoms with Crippen molar-refractivity contribution in [3.63, 3.8) is 0 Å². The van der Waals surface area contributed by atoms with Crippen molar-refractivity contribution in [2.24, 2.45) is 0 Å². The van der Waals surface area contributed by atoms with Gasteiger partial charge in [0.2, 0.25) is 0 Å². The number of carbonyl (C=O) groups excluding carboxylic acids is 1. The van der Waals surface area contributed by atoms with Crippen molar-refractivity contribution in [1.82, 2.24) is 15.6 Å². The SMILES string of the molecule is COCCNCCNC(=O)c1ccccc1OCc1cscn1. The largest absolute Gasteiger partial charge is 0.486 e. The van der Waals surface area contributed by atoms with Gasteiger partial charge in [-0.1, -0.05) is 12.1 Å². The number of amides is 1. The van der Waals surface area contributed by atoms with Crippen LogP contribution in [-0.4, -0.2) is 44.2 Å². The second kappa shape index (κ2) is 9.94. The van der Waals surface area contributed by atoms with Gasteiger partial charge in [-0.3, -0.25) is 4.79 Å². The number of hydrogen-bond donors (Lipinski definition) is 2. The van der Waals surface area contributed by atoms with Gasteiger partial charge < -0.3 is 20.1 Å². The average Bonchev–Trinajstić information content (AvgIpc) is 3.09. The Morgan fingerprint density at radius 1 is 1.26 bits per heavy atom. The summed E-state index contributed by atoms with van der Waals surface area (Å²) in [6.45, 7) is 3.01. The van der Waals surface area contributed by atoms with Crippen LogP contribution in [0.25, 0.3) is 0 Å². The van der Waals surface area contributed by atoms with Crippen molar-refractivity contribution in [3.8, 4) is 5.75 Å². The van der Waals surface area contributed by atoms with Gasteiger partial charge in [0.25, 0.3) is 5.91 Å². The maximum atomic E-state index is 12.3. The Bertz CT molecular complexity index is 590. The zero-order chi connectivity index (χ0) is 16.3. The number of rotatable bonds is 10. The quantitative estimate of drug-likeness (QED) is 0.647. The van der Waals surface area contributed by atoms with Crippen molar-refractivity contribution in [2.45, 2.75) is 6.61 Å². The lowest BCUT2D eigenvalue weighted by atomic mass is 10.2. The maximum Gasteiger partial charge on any atom is 0.255 e. The molecule has 0 saturated heterocycles. The van der Waals surface area contributed by atoms with Crippen molar-refractivity contribution in [2.75, 3.05) is 33.4 Å². The third kappa shape index (κ3) is 5.97. The topological polar surface area (TPSA) is 72.5 Å². The monoisotopic (exact) mass is 335 g/mol. The molecule has 2 N–H and O–H groups in total. The average molecular weight is 335 g/mol. The fourth-order valence-electron chi connectivity index (χ4n) is 1.90. The van der Waals surface area contributed by atoms with Crippen LogP contribution in [0.15, 0.2) is 35.2 Å². The fraction of sp³-hybridized carbons (Fsp3) is 0.375. The molecule has 0 aliphatic heterocycles. The van der Waals surface area contributed by atoms with Crippen LogP contribution >= 0.6 is 11.3 Å². The molecule has 23 heavy (non-hydrogen) atoms. The van der Waals surface area contributed by atoms with Crippen molar-refractivity contribution < 1.29 is 14.3 Å². The van der Waals surface area contributed by atoms with Crippen molar-refractivity contribution in [3.05, 3.63) is 46.4 Å². The minimum Gasteiger partial charge on any atom is -0.486 e. The Morgan fingerprint density at radius 2 is 2.13 bits per heavy atom. The summed E-state index contributed by atoms with van der Waals surface area (Å²) in [6, 6.07) is 7.21. The molecule has 124 valence electrons. The highest BCUT2D eigenvalue weighted by Gasteiger charge is 2.11. The molecule has 7 heteroatoms. The van der Waals surface area contributed by atoms with Crippen LogP contribution < -0.4 is 15.4 Å². The van der Waals surface area contributed by atoms with Crippen LogP contribution in [0.5, 0.6) is 5.75 Å². The molecule has 2 aromatic rings. The molecular formula is C16H21N3O3S. The Balaban J connectivity index is 1.82. The molecule has 6 nitrogen and oxygen atoms in total. The maximum absolute atomic E-state index is 12.3. The molecule has 0 spiro atoms. The number of nitrogens with one attached hydrogen (secondary N) is 2. The molecule has 0 radical (unpaired) electrons. The summed E-state index contributed by atoms with van der Waals surface area (Å²) in [7, 11) is 1.66. The molecule has 0 atom stereocenters. The van der Waals surface area contributed by atoms with E-state index in [1.807, 2.05) is 17.5 Å². The van der Waals surface area contributed by atoms with Gasteiger partial charge in [0, 0.05) is 32.1 Å². The second-order valence-corrected chi connectivity index (χ2v) is 5.48. The fourth-order valence-corrected chi connectivity index (χ4v) is 2.44. The van der Waals surface area contributed by atoms with E-state index in [2.05, 4.69) is 15.6 Å². The van der Waals surface area contributed by atoms with Gasteiger partial charge in [-0.15, -0.1) is 11.3 Å².